The van der Waals surface area contributed by atoms with Crippen LogP contribution in [-0.2, 0) is 0 Å². The number of nitriles is 1. The molecule has 27 heavy (non-hydrogen) atoms. The van der Waals surface area contributed by atoms with Crippen molar-refractivity contribution in [1.82, 2.24) is 4.98 Å². The van der Waals surface area contributed by atoms with Crippen molar-refractivity contribution in [2.24, 2.45) is 0 Å². The molecule has 5 nitrogen and oxygen atoms in total. The number of benzene rings is 2. The van der Waals surface area contributed by atoms with Crippen LogP contribution in [0.1, 0.15) is 10.6 Å². The Hall–Kier alpha value is -2.66. The van der Waals surface area contributed by atoms with Crippen LogP contribution in [0.4, 0.5) is 0 Å². The lowest BCUT2D eigenvalue weighted by Gasteiger charge is -2.14. The van der Waals surface area contributed by atoms with Crippen LogP contribution in [0.15, 0.2) is 41.8 Å². The third-order valence-electron chi connectivity index (χ3n) is 4.03. The molecule has 0 radical (unpaired) electrons. The van der Waals surface area contributed by atoms with E-state index in [9.17, 15) is 5.11 Å². The summed E-state index contributed by atoms with van der Waals surface area (Å²) in [6, 6.07) is 12.8. The van der Waals surface area contributed by atoms with Gasteiger partial charge in [-0.1, -0.05) is 0 Å². The van der Waals surface area contributed by atoms with Crippen molar-refractivity contribution in [1.29, 1.82) is 5.26 Å². The van der Waals surface area contributed by atoms with Crippen molar-refractivity contribution in [2.45, 2.75) is 13.0 Å². The molecular weight excluding hydrogens is 380 g/mol. The number of hydrogen-bond acceptors (Lipinski definition) is 7. The van der Waals surface area contributed by atoms with Gasteiger partial charge < -0.3 is 14.6 Å². The van der Waals surface area contributed by atoms with E-state index in [0.29, 0.717) is 11.3 Å². The normalized spacial score (nSPS) is 12.2. The second-order valence-electron chi connectivity index (χ2n) is 6.03. The van der Waals surface area contributed by atoms with Gasteiger partial charge in [0, 0.05) is 11.5 Å². The summed E-state index contributed by atoms with van der Waals surface area (Å²) in [7, 11) is 0. The molecule has 0 aliphatic carbocycles. The summed E-state index contributed by atoms with van der Waals surface area (Å²) in [6.07, 6.45) is -0.770. The summed E-state index contributed by atoms with van der Waals surface area (Å²) >= 11 is 3.28. The number of ether oxygens (including phenoxy) is 2. The molecule has 4 aromatic rings. The number of thiophene rings is 1. The molecule has 0 aliphatic heterocycles. The lowest BCUT2D eigenvalue weighted by atomic mass is 10.2. The van der Waals surface area contributed by atoms with E-state index >= 15 is 0 Å². The van der Waals surface area contributed by atoms with Crippen molar-refractivity contribution < 1.29 is 14.6 Å². The minimum Gasteiger partial charge on any atom is -0.491 e. The predicted octanol–water partition coefficient (Wildman–Crippen LogP) is 4.51. The zero-order valence-corrected chi connectivity index (χ0v) is 16.1. The average molecular weight is 396 g/mol. The van der Waals surface area contributed by atoms with Gasteiger partial charge in [0.25, 0.3) is 0 Å². The number of hydrogen-bond donors (Lipinski definition) is 1. The first kappa shape index (κ1) is 17.7. The van der Waals surface area contributed by atoms with Crippen molar-refractivity contribution in [3.05, 3.63) is 52.3 Å². The van der Waals surface area contributed by atoms with E-state index < -0.39 is 6.10 Å². The van der Waals surface area contributed by atoms with Gasteiger partial charge in [-0.25, -0.2) is 4.98 Å². The van der Waals surface area contributed by atoms with E-state index in [0.717, 1.165) is 31.1 Å². The molecule has 2 aromatic carbocycles. The number of rotatable bonds is 6. The number of aromatic nitrogens is 1. The zero-order chi connectivity index (χ0) is 18.8. The summed E-state index contributed by atoms with van der Waals surface area (Å²) in [5.41, 5.74) is 1.58. The Morgan fingerprint density at radius 2 is 1.96 bits per heavy atom. The summed E-state index contributed by atoms with van der Waals surface area (Å²) < 4.78 is 13.6. The Morgan fingerprint density at radius 1 is 1.19 bits per heavy atom. The largest absolute Gasteiger partial charge is 0.491 e. The third kappa shape index (κ3) is 3.74. The molecule has 0 saturated heterocycles. The number of aryl methyl sites for hydroxylation is 1. The number of aliphatic hydroxyl groups excluding tert-OH is 1. The Balaban J connectivity index is 1.42. The topological polar surface area (TPSA) is 75.4 Å². The summed E-state index contributed by atoms with van der Waals surface area (Å²) in [4.78, 5) is 4.61. The van der Waals surface area contributed by atoms with Gasteiger partial charge in [-0.3, -0.25) is 0 Å². The van der Waals surface area contributed by atoms with Crippen LogP contribution in [0.5, 0.6) is 11.5 Å². The van der Waals surface area contributed by atoms with Gasteiger partial charge in [0.05, 0.1) is 31.6 Å². The Labute approximate surface area is 164 Å². The maximum atomic E-state index is 10.2. The fraction of sp³-hybridized carbons (Fsp3) is 0.200. The van der Waals surface area contributed by atoms with Gasteiger partial charge in [-0.15, -0.1) is 22.7 Å². The molecule has 7 heteroatoms. The molecule has 0 aliphatic rings. The van der Waals surface area contributed by atoms with Gasteiger partial charge in [0.2, 0.25) is 0 Å². The minimum absolute atomic E-state index is 0.112. The smallest absolute Gasteiger partial charge is 0.129 e. The minimum atomic E-state index is -0.770. The molecule has 0 saturated carbocycles. The van der Waals surface area contributed by atoms with E-state index in [1.54, 1.807) is 46.9 Å². The maximum absolute atomic E-state index is 10.2. The Morgan fingerprint density at radius 3 is 2.74 bits per heavy atom. The van der Waals surface area contributed by atoms with Gasteiger partial charge >= 0.3 is 0 Å². The first-order chi connectivity index (χ1) is 13.1. The average Bonchev–Trinajstić information content (AvgIpc) is 3.30. The summed E-state index contributed by atoms with van der Waals surface area (Å²) in [5, 5.41) is 23.1. The van der Waals surface area contributed by atoms with E-state index in [1.165, 1.54) is 0 Å². The van der Waals surface area contributed by atoms with Crippen LogP contribution in [0.25, 0.3) is 20.3 Å². The number of nitrogens with zero attached hydrogens (tertiary/aromatic N) is 2. The maximum Gasteiger partial charge on any atom is 0.129 e. The van der Waals surface area contributed by atoms with E-state index in [1.807, 2.05) is 24.4 Å². The molecule has 0 bridgehead atoms. The van der Waals surface area contributed by atoms with Crippen molar-refractivity contribution in [3.8, 4) is 17.6 Å². The zero-order valence-electron chi connectivity index (χ0n) is 14.5. The molecule has 0 unspecified atom stereocenters. The molecule has 2 aromatic heterocycles. The Bertz CT molecular complexity index is 1130. The van der Waals surface area contributed by atoms with E-state index in [2.05, 4.69) is 11.1 Å². The first-order valence-electron chi connectivity index (χ1n) is 8.35. The monoisotopic (exact) mass is 396 g/mol. The molecule has 0 fully saturated rings. The molecule has 2 heterocycles. The molecule has 136 valence electrons. The van der Waals surface area contributed by atoms with Crippen LogP contribution in [0.2, 0.25) is 0 Å². The highest BCUT2D eigenvalue weighted by atomic mass is 32.1. The van der Waals surface area contributed by atoms with Crippen molar-refractivity contribution in [2.75, 3.05) is 13.2 Å². The van der Waals surface area contributed by atoms with Crippen LogP contribution in [0, 0.1) is 18.3 Å². The molecule has 1 N–H and O–H groups in total. The van der Waals surface area contributed by atoms with Gasteiger partial charge in [-0.05, 0) is 42.6 Å². The van der Waals surface area contributed by atoms with Crippen molar-refractivity contribution >= 4 is 43.0 Å². The lowest BCUT2D eigenvalue weighted by molar-refractivity contribution is 0.0632. The van der Waals surface area contributed by atoms with Gasteiger partial charge in [-0.2, -0.15) is 5.26 Å². The quantitative estimate of drug-likeness (QED) is 0.519. The summed E-state index contributed by atoms with van der Waals surface area (Å²) in [6.45, 7) is 2.24. The molecule has 4 rings (SSSR count). The second-order valence-corrected chi connectivity index (χ2v) is 8.18. The van der Waals surface area contributed by atoms with Crippen LogP contribution >= 0.6 is 22.7 Å². The van der Waals surface area contributed by atoms with Crippen LogP contribution in [0.3, 0.4) is 0 Å². The molecule has 1 atom stereocenters. The van der Waals surface area contributed by atoms with Crippen LogP contribution in [-0.4, -0.2) is 29.4 Å². The third-order valence-corrected chi connectivity index (χ3v) is 5.86. The highest BCUT2D eigenvalue weighted by Gasteiger charge is 2.14. The van der Waals surface area contributed by atoms with E-state index in [4.69, 9.17) is 14.7 Å². The number of aliphatic hydroxyl groups is 1. The fourth-order valence-corrected chi connectivity index (χ4v) is 4.59. The standard InChI is InChI=1S/C20H16N2O3S2/c1-12-22-19-18(27-12)8-17(16-6-7-26-20(16)19)25-11-14(23)10-24-15-4-2-13(9-21)3-5-15/h2-8,14,23H,10-11H2,1H3/t14-/m1/s1. The predicted molar refractivity (Wildman–Crippen MR) is 108 cm³/mol. The SMILES string of the molecule is Cc1nc2c(cc(OC[C@H](O)COc3ccc(C#N)cc3)c3ccsc32)s1. The second kappa shape index (κ2) is 7.53. The number of thiazole rings is 1. The highest BCUT2D eigenvalue weighted by Crippen LogP contribution is 2.38. The number of fused-ring (bicyclic) bond motifs is 3. The molecule has 0 spiro atoms. The fourth-order valence-electron chi connectivity index (χ4n) is 2.76. The highest BCUT2D eigenvalue weighted by molar-refractivity contribution is 7.21. The lowest BCUT2D eigenvalue weighted by Crippen LogP contribution is -2.25. The van der Waals surface area contributed by atoms with Crippen LogP contribution < -0.4 is 9.47 Å². The first-order valence-corrected chi connectivity index (χ1v) is 10.0. The van der Waals surface area contributed by atoms with E-state index in [-0.39, 0.29) is 13.2 Å². The van der Waals surface area contributed by atoms with Crippen molar-refractivity contribution in [3.63, 3.8) is 0 Å². The Kier molecular flexibility index (Phi) is 4.94. The molecular formula is C20H16N2O3S2. The van der Waals surface area contributed by atoms with Gasteiger partial charge in [0.15, 0.2) is 0 Å². The molecule has 0 amide bonds. The summed E-state index contributed by atoms with van der Waals surface area (Å²) in [5.74, 6) is 1.36. The van der Waals surface area contributed by atoms with Gasteiger partial charge in [0.1, 0.15) is 30.8 Å².